The van der Waals surface area contributed by atoms with Gasteiger partial charge in [0.1, 0.15) is 11.3 Å². The van der Waals surface area contributed by atoms with E-state index in [2.05, 4.69) is 9.88 Å². The molecule has 1 amide bonds. The second kappa shape index (κ2) is 9.43. The number of carbonyl (C=O) groups is 1. The number of nitrogens with zero attached hydrogens (tertiary/aromatic N) is 3. The van der Waals surface area contributed by atoms with Gasteiger partial charge in [0.15, 0.2) is 5.13 Å². The van der Waals surface area contributed by atoms with Crippen LogP contribution in [0.15, 0.2) is 48.5 Å². The fourth-order valence-corrected chi connectivity index (χ4v) is 4.51. The lowest BCUT2D eigenvalue weighted by Crippen LogP contribution is -2.39. The van der Waals surface area contributed by atoms with E-state index in [9.17, 15) is 9.18 Å². The van der Waals surface area contributed by atoms with E-state index in [0.29, 0.717) is 23.6 Å². The molecule has 1 aromatic heterocycles. The van der Waals surface area contributed by atoms with Gasteiger partial charge >= 0.3 is 0 Å². The number of carbonyl (C=O) groups excluding carboxylic acids is 1. The minimum absolute atomic E-state index is 0.0161. The Balaban J connectivity index is 1.52. The number of rotatable bonds is 7. The third kappa shape index (κ3) is 4.98. The van der Waals surface area contributed by atoms with Crippen LogP contribution in [0.2, 0.25) is 0 Å². The second-order valence-corrected chi connectivity index (χ2v) is 8.11. The Kier molecular flexibility index (Phi) is 6.49. The molecule has 0 atom stereocenters. The van der Waals surface area contributed by atoms with Crippen molar-refractivity contribution in [2.45, 2.75) is 12.8 Å². The van der Waals surface area contributed by atoms with Crippen LogP contribution in [0.5, 0.6) is 0 Å². The standard InChI is InChI=1S/C22H24FN3O2S/c23-18-8-4-9-19-21(18)24-22(29-19)26(11-5-10-25-12-14-28-15-13-25)20(27)16-17-6-2-1-3-7-17/h1-4,6-9H,5,10-16H2. The summed E-state index contributed by atoms with van der Waals surface area (Å²) in [5.41, 5.74) is 1.29. The molecule has 152 valence electrons. The van der Waals surface area contributed by atoms with Gasteiger partial charge in [0.05, 0.1) is 24.3 Å². The molecule has 1 aliphatic rings. The Labute approximate surface area is 173 Å². The Hall–Kier alpha value is -2.35. The van der Waals surface area contributed by atoms with E-state index in [0.717, 1.165) is 49.5 Å². The van der Waals surface area contributed by atoms with Crippen LogP contribution in [-0.4, -0.2) is 55.2 Å². The summed E-state index contributed by atoms with van der Waals surface area (Å²) in [7, 11) is 0. The number of amides is 1. The van der Waals surface area contributed by atoms with E-state index in [1.165, 1.54) is 17.4 Å². The molecule has 7 heteroatoms. The second-order valence-electron chi connectivity index (χ2n) is 7.10. The molecule has 0 N–H and O–H groups in total. The van der Waals surface area contributed by atoms with Gasteiger partial charge in [-0.25, -0.2) is 9.37 Å². The highest BCUT2D eigenvalue weighted by Crippen LogP contribution is 2.30. The molecule has 0 spiro atoms. The molecular weight excluding hydrogens is 389 g/mol. The van der Waals surface area contributed by atoms with Crippen LogP contribution in [-0.2, 0) is 16.0 Å². The smallest absolute Gasteiger partial charge is 0.233 e. The highest BCUT2D eigenvalue weighted by Gasteiger charge is 2.21. The fourth-order valence-electron chi connectivity index (χ4n) is 3.49. The number of para-hydroxylation sites is 1. The van der Waals surface area contributed by atoms with Crippen molar-refractivity contribution in [1.29, 1.82) is 0 Å². The number of aromatic nitrogens is 1. The summed E-state index contributed by atoms with van der Waals surface area (Å²) in [5.74, 6) is -0.369. The molecule has 2 aromatic carbocycles. The fraction of sp³-hybridized carbons (Fsp3) is 0.364. The van der Waals surface area contributed by atoms with Crippen molar-refractivity contribution in [3.05, 3.63) is 59.9 Å². The van der Waals surface area contributed by atoms with Gasteiger partial charge < -0.3 is 4.74 Å². The summed E-state index contributed by atoms with van der Waals surface area (Å²) in [6, 6.07) is 14.6. The van der Waals surface area contributed by atoms with Crippen molar-refractivity contribution in [3.63, 3.8) is 0 Å². The molecule has 1 saturated heterocycles. The van der Waals surface area contributed by atoms with Gasteiger partial charge in [-0.05, 0) is 24.1 Å². The molecular formula is C22H24FN3O2S. The largest absolute Gasteiger partial charge is 0.379 e. The minimum atomic E-state index is -0.353. The molecule has 0 radical (unpaired) electrons. The lowest BCUT2D eigenvalue weighted by atomic mass is 10.1. The van der Waals surface area contributed by atoms with Crippen molar-refractivity contribution < 1.29 is 13.9 Å². The molecule has 0 aliphatic carbocycles. The number of fused-ring (bicyclic) bond motifs is 1. The van der Waals surface area contributed by atoms with Crippen molar-refractivity contribution in [3.8, 4) is 0 Å². The molecule has 3 aromatic rings. The summed E-state index contributed by atoms with van der Waals surface area (Å²) in [5, 5.41) is 0.563. The van der Waals surface area contributed by atoms with E-state index >= 15 is 0 Å². The third-order valence-electron chi connectivity index (χ3n) is 5.05. The van der Waals surface area contributed by atoms with Crippen molar-refractivity contribution in [1.82, 2.24) is 9.88 Å². The number of halogens is 1. The zero-order valence-electron chi connectivity index (χ0n) is 16.2. The third-order valence-corrected chi connectivity index (χ3v) is 6.09. The van der Waals surface area contributed by atoms with Gasteiger partial charge in [-0.2, -0.15) is 0 Å². The maximum Gasteiger partial charge on any atom is 0.233 e. The molecule has 29 heavy (non-hydrogen) atoms. The van der Waals surface area contributed by atoms with E-state index in [-0.39, 0.29) is 11.7 Å². The van der Waals surface area contributed by atoms with Crippen LogP contribution in [0.25, 0.3) is 10.2 Å². The SMILES string of the molecule is O=C(Cc1ccccc1)N(CCCN1CCOCC1)c1nc2c(F)cccc2s1. The highest BCUT2D eigenvalue weighted by atomic mass is 32.1. The van der Waals surface area contributed by atoms with Gasteiger partial charge in [-0.15, -0.1) is 0 Å². The first-order chi connectivity index (χ1) is 14.2. The lowest BCUT2D eigenvalue weighted by molar-refractivity contribution is -0.118. The van der Waals surface area contributed by atoms with Crippen molar-refractivity contribution in [2.75, 3.05) is 44.3 Å². The van der Waals surface area contributed by atoms with Crippen LogP contribution >= 0.6 is 11.3 Å². The molecule has 0 saturated carbocycles. The number of hydrogen-bond acceptors (Lipinski definition) is 5. The maximum atomic E-state index is 14.1. The van der Waals surface area contributed by atoms with E-state index in [1.807, 2.05) is 36.4 Å². The first-order valence-electron chi connectivity index (χ1n) is 9.90. The van der Waals surface area contributed by atoms with Gasteiger partial charge in [-0.3, -0.25) is 14.6 Å². The van der Waals surface area contributed by atoms with Crippen molar-refractivity contribution >= 4 is 32.6 Å². The predicted molar refractivity (Wildman–Crippen MR) is 114 cm³/mol. The number of thiazole rings is 1. The van der Waals surface area contributed by atoms with Gasteiger partial charge in [0.2, 0.25) is 5.91 Å². The first kappa shape index (κ1) is 19.9. The number of hydrogen-bond donors (Lipinski definition) is 0. The summed E-state index contributed by atoms with van der Waals surface area (Å²) < 4.78 is 20.3. The molecule has 2 heterocycles. The van der Waals surface area contributed by atoms with E-state index in [4.69, 9.17) is 4.74 Å². The first-order valence-corrected chi connectivity index (χ1v) is 10.7. The topological polar surface area (TPSA) is 45.7 Å². The van der Waals surface area contributed by atoms with Gasteiger partial charge in [0, 0.05) is 26.2 Å². The number of benzene rings is 2. The number of anilines is 1. The van der Waals surface area contributed by atoms with Crippen LogP contribution in [0, 0.1) is 5.82 Å². The lowest BCUT2D eigenvalue weighted by Gasteiger charge is -2.27. The predicted octanol–water partition coefficient (Wildman–Crippen LogP) is 3.73. The van der Waals surface area contributed by atoms with Crippen LogP contribution < -0.4 is 4.90 Å². The average molecular weight is 414 g/mol. The molecule has 1 aliphatic heterocycles. The molecule has 0 unspecified atom stereocenters. The summed E-state index contributed by atoms with van der Waals surface area (Å²) in [6.45, 7) is 4.82. The van der Waals surface area contributed by atoms with E-state index < -0.39 is 0 Å². The Bertz CT molecular complexity index is 957. The quantitative estimate of drug-likeness (QED) is 0.592. The summed E-state index contributed by atoms with van der Waals surface area (Å²) in [6.07, 6.45) is 1.13. The maximum absolute atomic E-state index is 14.1. The van der Waals surface area contributed by atoms with Gasteiger partial charge in [-0.1, -0.05) is 47.7 Å². The minimum Gasteiger partial charge on any atom is -0.379 e. The molecule has 5 nitrogen and oxygen atoms in total. The van der Waals surface area contributed by atoms with Gasteiger partial charge in [0.25, 0.3) is 0 Å². The number of ether oxygens (including phenoxy) is 1. The van der Waals surface area contributed by atoms with Crippen LogP contribution in [0.1, 0.15) is 12.0 Å². The zero-order chi connectivity index (χ0) is 20.1. The highest BCUT2D eigenvalue weighted by molar-refractivity contribution is 7.22. The van der Waals surface area contributed by atoms with Crippen molar-refractivity contribution in [2.24, 2.45) is 0 Å². The Morgan fingerprint density at radius 2 is 1.93 bits per heavy atom. The molecule has 0 bridgehead atoms. The van der Waals surface area contributed by atoms with E-state index in [1.54, 1.807) is 11.0 Å². The van der Waals surface area contributed by atoms with Crippen LogP contribution in [0.3, 0.4) is 0 Å². The normalized spacial score (nSPS) is 14.9. The summed E-state index contributed by atoms with van der Waals surface area (Å²) >= 11 is 1.36. The molecule has 1 fully saturated rings. The zero-order valence-corrected chi connectivity index (χ0v) is 17.0. The monoisotopic (exact) mass is 413 g/mol. The van der Waals surface area contributed by atoms with Crippen LogP contribution in [0.4, 0.5) is 9.52 Å². The molecule has 4 rings (SSSR count). The summed E-state index contributed by atoms with van der Waals surface area (Å²) in [4.78, 5) is 21.6. The Morgan fingerprint density at radius 3 is 2.69 bits per heavy atom. The number of morpholine rings is 1. The Morgan fingerprint density at radius 1 is 1.14 bits per heavy atom. The average Bonchev–Trinajstić information content (AvgIpc) is 3.18.